The zero-order valence-electron chi connectivity index (χ0n) is 18.9. The number of anilines is 1. The van der Waals surface area contributed by atoms with Crippen LogP contribution in [0.3, 0.4) is 0 Å². The van der Waals surface area contributed by atoms with Gasteiger partial charge in [-0.05, 0) is 43.2 Å². The van der Waals surface area contributed by atoms with Crippen LogP contribution in [0.2, 0.25) is 0 Å². The molecule has 1 N–H and O–H groups in total. The molecule has 6 nitrogen and oxygen atoms in total. The number of para-hydroxylation sites is 2. The van der Waals surface area contributed by atoms with Gasteiger partial charge >= 0.3 is 0 Å². The van der Waals surface area contributed by atoms with Crippen molar-refractivity contribution in [2.75, 3.05) is 38.0 Å². The summed E-state index contributed by atoms with van der Waals surface area (Å²) >= 11 is 1.55. The Morgan fingerprint density at radius 1 is 1.00 bits per heavy atom. The molecule has 1 aromatic heterocycles. The lowest BCUT2D eigenvalue weighted by atomic mass is 10.1. The van der Waals surface area contributed by atoms with E-state index < -0.39 is 0 Å². The van der Waals surface area contributed by atoms with Crippen LogP contribution in [-0.2, 0) is 11.4 Å². The molecule has 2 aliphatic rings. The molecule has 5 rings (SSSR count). The molecule has 0 saturated carbocycles. The summed E-state index contributed by atoms with van der Waals surface area (Å²) in [6, 6.07) is 15.9. The summed E-state index contributed by atoms with van der Waals surface area (Å²) in [7, 11) is 0. The van der Waals surface area contributed by atoms with Crippen LogP contribution in [0.4, 0.5) is 5.69 Å². The molecule has 170 valence electrons. The smallest absolute Gasteiger partial charge is 0.264 e. The molecule has 2 amide bonds. The Kier molecular flexibility index (Phi) is 5.91. The fourth-order valence-electron chi connectivity index (χ4n) is 4.46. The number of ether oxygens (including phenoxy) is 1. The van der Waals surface area contributed by atoms with Gasteiger partial charge in [0.25, 0.3) is 5.91 Å². The van der Waals surface area contributed by atoms with Crippen molar-refractivity contribution in [2.24, 2.45) is 0 Å². The molecule has 0 aliphatic carbocycles. The van der Waals surface area contributed by atoms with Gasteiger partial charge in [-0.25, -0.2) is 0 Å². The molecule has 0 radical (unpaired) electrons. The van der Waals surface area contributed by atoms with E-state index in [1.54, 1.807) is 11.3 Å². The predicted molar refractivity (Wildman–Crippen MR) is 131 cm³/mol. The lowest BCUT2D eigenvalue weighted by molar-refractivity contribution is -0.117. The molecule has 7 heteroatoms. The van der Waals surface area contributed by atoms with Gasteiger partial charge in [-0.3, -0.25) is 14.5 Å². The topological polar surface area (TPSA) is 61.9 Å². The minimum absolute atomic E-state index is 0.0169. The summed E-state index contributed by atoms with van der Waals surface area (Å²) < 4.78 is 5.83. The van der Waals surface area contributed by atoms with Gasteiger partial charge in [-0.15, -0.1) is 11.3 Å². The van der Waals surface area contributed by atoms with Gasteiger partial charge in [0.1, 0.15) is 12.4 Å². The van der Waals surface area contributed by atoms with E-state index in [9.17, 15) is 9.59 Å². The first-order valence-corrected chi connectivity index (χ1v) is 12.0. The highest BCUT2D eigenvalue weighted by Gasteiger charge is 2.27. The Morgan fingerprint density at radius 3 is 2.48 bits per heavy atom. The van der Waals surface area contributed by atoms with Crippen LogP contribution in [0.25, 0.3) is 10.4 Å². The van der Waals surface area contributed by atoms with Gasteiger partial charge in [0, 0.05) is 47.9 Å². The van der Waals surface area contributed by atoms with E-state index in [-0.39, 0.29) is 11.8 Å². The largest absolute Gasteiger partial charge is 0.488 e. The number of hydrogen-bond donors (Lipinski definition) is 1. The molecule has 33 heavy (non-hydrogen) atoms. The van der Waals surface area contributed by atoms with Crippen LogP contribution in [0.1, 0.15) is 26.4 Å². The SMILES string of the molecule is Cc1cccc(C)c1NC(=O)CN1CCN(C(=O)c2cc3c(s2)-c2ccccc2OC3)CC1. The highest BCUT2D eigenvalue weighted by atomic mass is 32.1. The van der Waals surface area contributed by atoms with Crippen molar-refractivity contribution in [1.29, 1.82) is 0 Å². The van der Waals surface area contributed by atoms with Crippen LogP contribution in [0.5, 0.6) is 5.75 Å². The molecular formula is C26H27N3O3S. The quantitative estimate of drug-likeness (QED) is 0.629. The summed E-state index contributed by atoms with van der Waals surface area (Å²) in [6.07, 6.45) is 0. The maximum atomic E-state index is 13.2. The van der Waals surface area contributed by atoms with E-state index in [4.69, 9.17) is 4.74 Å². The molecule has 3 aromatic rings. The first-order chi connectivity index (χ1) is 16.0. The minimum atomic E-state index is -0.0169. The molecule has 0 spiro atoms. The molecule has 3 heterocycles. The minimum Gasteiger partial charge on any atom is -0.488 e. The second-order valence-corrected chi connectivity index (χ2v) is 9.69. The van der Waals surface area contributed by atoms with Crippen LogP contribution < -0.4 is 10.1 Å². The van der Waals surface area contributed by atoms with Crippen LogP contribution >= 0.6 is 11.3 Å². The summed E-state index contributed by atoms with van der Waals surface area (Å²) in [6.45, 7) is 7.43. The van der Waals surface area contributed by atoms with E-state index in [0.29, 0.717) is 39.3 Å². The van der Waals surface area contributed by atoms with Crippen LogP contribution in [-0.4, -0.2) is 54.3 Å². The van der Waals surface area contributed by atoms with Gasteiger partial charge in [-0.1, -0.05) is 30.3 Å². The Labute approximate surface area is 197 Å². The third-order valence-corrected chi connectivity index (χ3v) is 7.51. The van der Waals surface area contributed by atoms with Gasteiger partial charge in [-0.2, -0.15) is 0 Å². The lowest BCUT2D eigenvalue weighted by Crippen LogP contribution is -2.50. The average Bonchev–Trinajstić information content (AvgIpc) is 3.27. The Bertz CT molecular complexity index is 1190. The monoisotopic (exact) mass is 461 g/mol. The number of carbonyl (C=O) groups is 2. The Morgan fingerprint density at radius 2 is 1.73 bits per heavy atom. The highest BCUT2D eigenvalue weighted by Crippen LogP contribution is 2.42. The molecule has 1 fully saturated rings. The van der Waals surface area contributed by atoms with Crippen molar-refractivity contribution in [3.05, 3.63) is 70.1 Å². The second-order valence-electron chi connectivity index (χ2n) is 8.63. The van der Waals surface area contributed by atoms with Gasteiger partial charge in [0.05, 0.1) is 11.4 Å². The summed E-state index contributed by atoms with van der Waals surface area (Å²) in [5, 5.41) is 3.05. The van der Waals surface area contributed by atoms with Crippen molar-refractivity contribution in [3.63, 3.8) is 0 Å². The number of fused-ring (bicyclic) bond motifs is 3. The summed E-state index contributed by atoms with van der Waals surface area (Å²) in [4.78, 5) is 31.6. The maximum Gasteiger partial charge on any atom is 0.264 e. The standard InChI is InChI=1S/C26H27N3O3S/c1-17-6-5-7-18(2)24(17)27-23(30)15-28-10-12-29(13-11-28)26(31)22-14-19-16-32-21-9-4-3-8-20(21)25(19)33-22/h3-9,14H,10-13,15-16H2,1-2H3,(H,27,30). The van der Waals surface area contributed by atoms with Crippen LogP contribution in [0, 0.1) is 13.8 Å². The lowest BCUT2D eigenvalue weighted by Gasteiger charge is -2.34. The van der Waals surface area contributed by atoms with E-state index >= 15 is 0 Å². The van der Waals surface area contributed by atoms with Crippen molar-refractivity contribution in [1.82, 2.24) is 9.80 Å². The molecule has 0 bridgehead atoms. The summed E-state index contributed by atoms with van der Waals surface area (Å²) in [5.74, 6) is 0.918. The van der Waals surface area contributed by atoms with E-state index in [1.807, 2.05) is 67.3 Å². The van der Waals surface area contributed by atoms with Crippen molar-refractivity contribution < 1.29 is 14.3 Å². The maximum absolute atomic E-state index is 13.2. The molecule has 2 aromatic carbocycles. The normalized spacial score (nSPS) is 15.4. The second kappa shape index (κ2) is 9.00. The predicted octanol–water partition coefficient (Wildman–Crippen LogP) is 4.32. The fraction of sp³-hybridized carbons (Fsp3) is 0.308. The number of nitrogens with zero attached hydrogens (tertiary/aromatic N) is 2. The molecule has 0 unspecified atom stereocenters. The van der Waals surface area contributed by atoms with Crippen molar-refractivity contribution in [2.45, 2.75) is 20.5 Å². The number of nitrogens with one attached hydrogen (secondary N) is 1. The van der Waals surface area contributed by atoms with Crippen LogP contribution in [0.15, 0.2) is 48.5 Å². The zero-order chi connectivity index (χ0) is 22.9. The first kappa shape index (κ1) is 21.7. The third kappa shape index (κ3) is 4.38. The molecule has 0 atom stereocenters. The number of carbonyl (C=O) groups excluding carboxylic acids is 2. The van der Waals surface area contributed by atoms with E-state index in [1.165, 1.54) is 0 Å². The third-order valence-electron chi connectivity index (χ3n) is 6.31. The number of thiophene rings is 1. The molecule has 2 aliphatic heterocycles. The number of rotatable bonds is 4. The van der Waals surface area contributed by atoms with Crippen molar-refractivity contribution >= 4 is 28.8 Å². The zero-order valence-corrected chi connectivity index (χ0v) is 19.7. The first-order valence-electron chi connectivity index (χ1n) is 11.2. The molecule has 1 saturated heterocycles. The molecular weight excluding hydrogens is 434 g/mol. The average molecular weight is 462 g/mol. The summed E-state index contributed by atoms with van der Waals surface area (Å²) in [5.41, 5.74) is 5.14. The number of piperazine rings is 1. The fourth-order valence-corrected chi connectivity index (χ4v) is 5.63. The number of amides is 2. The number of benzene rings is 2. The van der Waals surface area contributed by atoms with E-state index in [0.717, 1.165) is 43.4 Å². The number of aryl methyl sites for hydroxylation is 2. The highest BCUT2D eigenvalue weighted by molar-refractivity contribution is 7.17. The van der Waals surface area contributed by atoms with Crippen molar-refractivity contribution in [3.8, 4) is 16.2 Å². The van der Waals surface area contributed by atoms with Gasteiger partial charge in [0.2, 0.25) is 5.91 Å². The van der Waals surface area contributed by atoms with Gasteiger partial charge < -0.3 is 15.0 Å². The Balaban J connectivity index is 1.19. The number of hydrogen-bond acceptors (Lipinski definition) is 5. The van der Waals surface area contributed by atoms with Gasteiger partial charge in [0.15, 0.2) is 0 Å². The van der Waals surface area contributed by atoms with E-state index in [2.05, 4.69) is 10.2 Å². The Hall–Kier alpha value is -3.16.